The van der Waals surface area contributed by atoms with Crippen molar-refractivity contribution >= 4 is 11.5 Å². The van der Waals surface area contributed by atoms with E-state index in [1.807, 2.05) is 24.0 Å². The molecule has 0 aliphatic heterocycles. The lowest BCUT2D eigenvalue weighted by Crippen LogP contribution is -2.11. The molecule has 21 heavy (non-hydrogen) atoms. The monoisotopic (exact) mass is 289 g/mol. The Morgan fingerprint density at radius 3 is 2.71 bits per heavy atom. The highest BCUT2D eigenvalue weighted by Crippen LogP contribution is 2.23. The first-order valence-electron chi connectivity index (χ1n) is 6.96. The average Bonchev–Trinajstić information content (AvgIpc) is 2.93. The Bertz CT molecular complexity index is 638. The average molecular weight is 289 g/mol. The Balaban J connectivity index is 2.18. The zero-order valence-electron chi connectivity index (χ0n) is 12.4. The van der Waals surface area contributed by atoms with Crippen LogP contribution in [0.5, 0.6) is 0 Å². The van der Waals surface area contributed by atoms with Gasteiger partial charge in [-0.25, -0.2) is 4.98 Å². The number of hydrogen-bond donors (Lipinski definition) is 1. The summed E-state index contributed by atoms with van der Waals surface area (Å²) >= 11 is 0. The van der Waals surface area contributed by atoms with Gasteiger partial charge in [0.15, 0.2) is 0 Å². The smallest absolute Gasteiger partial charge is 0.290 e. The third kappa shape index (κ3) is 3.36. The zero-order chi connectivity index (χ0) is 15.4. The second kappa shape index (κ2) is 6.34. The van der Waals surface area contributed by atoms with Crippen molar-refractivity contribution in [2.45, 2.75) is 39.8 Å². The summed E-state index contributed by atoms with van der Waals surface area (Å²) < 4.78 is 1.87. The van der Waals surface area contributed by atoms with Crippen molar-refractivity contribution in [3.05, 3.63) is 45.9 Å². The van der Waals surface area contributed by atoms with Gasteiger partial charge >= 0.3 is 0 Å². The largest absolute Gasteiger partial charge is 0.363 e. The molecule has 0 amide bonds. The van der Waals surface area contributed by atoms with Crippen LogP contribution in [0.15, 0.2) is 24.5 Å². The van der Waals surface area contributed by atoms with Crippen LogP contribution < -0.4 is 5.32 Å². The SMILES string of the molecule is CCC(Nc1ccc([N+](=O)[O-])c(C)n1)c1cnn(CC)c1. The minimum atomic E-state index is -0.422. The summed E-state index contributed by atoms with van der Waals surface area (Å²) in [6.45, 7) is 6.57. The van der Waals surface area contributed by atoms with E-state index < -0.39 is 4.92 Å². The number of pyridine rings is 1. The number of nitrogens with one attached hydrogen (secondary N) is 1. The first kappa shape index (κ1) is 15.0. The van der Waals surface area contributed by atoms with E-state index >= 15 is 0 Å². The molecule has 1 atom stereocenters. The molecule has 2 aromatic heterocycles. The number of aryl methyl sites for hydroxylation is 2. The highest BCUT2D eigenvalue weighted by molar-refractivity contribution is 5.46. The standard InChI is InChI=1S/C14H19N5O2/c1-4-12(11-8-15-18(5-2)9-11)17-14-7-6-13(19(20)21)10(3)16-14/h6-9,12H,4-5H2,1-3H3,(H,16,17). The van der Waals surface area contributed by atoms with E-state index in [1.54, 1.807) is 13.0 Å². The molecule has 0 aliphatic carbocycles. The highest BCUT2D eigenvalue weighted by Gasteiger charge is 2.15. The maximum Gasteiger partial charge on any atom is 0.290 e. The van der Waals surface area contributed by atoms with E-state index in [4.69, 9.17) is 0 Å². The van der Waals surface area contributed by atoms with Crippen LogP contribution in [-0.4, -0.2) is 19.7 Å². The molecule has 0 fully saturated rings. The van der Waals surface area contributed by atoms with Crippen LogP contribution in [0.4, 0.5) is 11.5 Å². The minimum absolute atomic E-state index is 0.0346. The second-order valence-electron chi connectivity index (χ2n) is 4.79. The van der Waals surface area contributed by atoms with Crippen LogP contribution in [0.1, 0.15) is 37.6 Å². The van der Waals surface area contributed by atoms with Gasteiger partial charge in [-0.1, -0.05) is 6.92 Å². The fourth-order valence-corrected chi connectivity index (χ4v) is 2.16. The molecule has 0 spiro atoms. The van der Waals surface area contributed by atoms with E-state index in [-0.39, 0.29) is 11.7 Å². The van der Waals surface area contributed by atoms with Gasteiger partial charge < -0.3 is 5.32 Å². The van der Waals surface area contributed by atoms with Crippen LogP contribution in [0.3, 0.4) is 0 Å². The van der Waals surface area contributed by atoms with E-state index in [9.17, 15) is 10.1 Å². The number of nitro groups is 1. The highest BCUT2D eigenvalue weighted by atomic mass is 16.6. The molecule has 0 saturated carbocycles. The molecule has 2 aromatic rings. The van der Waals surface area contributed by atoms with Crippen molar-refractivity contribution in [2.24, 2.45) is 0 Å². The maximum atomic E-state index is 10.8. The summed E-state index contributed by atoms with van der Waals surface area (Å²) in [6.07, 6.45) is 4.70. The molecule has 112 valence electrons. The summed E-state index contributed by atoms with van der Waals surface area (Å²) in [5, 5.41) is 18.4. The predicted octanol–water partition coefficient (Wildman–Crippen LogP) is 3.08. The molecule has 7 heteroatoms. The fraction of sp³-hybridized carbons (Fsp3) is 0.429. The van der Waals surface area contributed by atoms with Crippen molar-refractivity contribution in [3.8, 4) is 0 Å². The summed E-state index contributed by atoms with van der Waals surface area (Å²) in [5.41, 5.74) is 1.52. The summed E-state index contributed by atoms with van der Waals surface area (Å²) in [4.78, 5) is 14.6. The second-order valence-corrected chi connectivity index (χ2v) is 4.79. The predicted molar refractivity (Wildman–Crippen MR) is 80.2 cm³/mol. The van der Waals surface area contributed by atoms with Crippen LogP contribution >= 0.6 is 0 Å². The van der Waals surface area contributed by atoms with Gasteiger partial charge in [0.05, 0.1) is 17.2 Å². The molecule has 0 aromatic carbocycles. The molecule has 2 heterocycles. The lowest BCUT2D eigenvalue weighted by atomic mass is 10.1. The Labute approximate surface area is 123 Å². The molecule has 7 nitrogen and oxygen atoms in total. The summed E-state index contributed by atoms with van der Waals surface area (Å²) in [7, 11) is 0. The number of rotatable bonds is 6. The number of hydrogen-bond acceptors (Lipinski definition) is 5. The number of nitrogens with zero attached hydrogens (tertiary/aromatic N) is 4. The summed E-state index contributed by atoms with van der Waals surface area (Å²) in [5.74, 6) is 0.634. The molecular weight excluding hydrogens is 270 g/mol. The van der Waals surface area contributed by atoms with E-state index in [0.717, 1.165) is 18.5 Å². The Morgan fingerprint density at radius 1 is 1.43 bits per heavy atom. The molecule has 1 unspecified atom stereocenters. The van der Waals surface area contributed by atoms with Gasteiger partial charge in [0.25, 0.3) is 5.69 Å². The normalized spacial score (nSPS) is 12.1. The maximum absolute atomic E-state index is 10.8. The van der Waals surface area contributed by atoms with Crippen LogP contribution in [0.2, 0.25) is 0 Å². The third-order valence-corrected chi connectivity index (χ3v) is 3.36. The molecule has 2 rings (SSSR count). The lowest BCUT2D eigenvalue weighted by molar-refractivity contribution is -0.385. The molecular formula is C14H19N5O2. The van der Waals surface area contributed by atoms with Crippen molar-refractivity contribution in [1.82, 2.24) is 14.8 Å². The van der Waals surface area contributed by atoms with Crippen LogP contribution in [-0.2, 0) is 6.54 Å². The first-order valence-corrected chi connectivity index (χ1v) is 6.96. The fourth-order valence-electron chi connectivity index (χ4n) is 2.16. The first-order chi connectivity index (χ1) is 10.0. The minimum Gasteiger partial charge on any atom is -0.363 e. The lowest BCUT2D eigenvalue weighted by Gasteiger charge is -2.16. The van der Waals surface area contributed by atoms with Gasteiger partial charge in [0.1, 0.15) is 11.5 Å². The zero-order valence-corrected chi connectivity index (χ0v) is 12.4. The molecule has 0 bridgehead atoms. The molecule has 0 radical (unpaired) electrons. The Hall–Kier alpha value is -2.44. The molecule has 0 aliphatic rings. The van der Waals surface area contributed by atoms with Crippen LogP contribution in [0.25, 0.3) is 0 Å². The van der Waals surface area contributed by atoms with Crippen molar-refractivity contribution in [2.75, 3.05) is 5.32 Å². The topological polar surface area (TPSA) is 85.9 Å². The van der Waals surface area contributed by atoms with Crippen molar-refractivity contribution < 1.29 is 4.92 Å². The molecule has 1 N–H and O–H groups in total. The van der Waals surface area contributed by atoms with E-state index in [1.165, 1.54) is 6.07 Å². The quantitative estimate of drug-likeness (QED) is 0.652. The van der Waals surface area contributed by atoms with E-state index in [0.29, 0.717) is 11.5 Å². The van der Waals surface area contributed by atoms with Gasteiger partial charge in [-0.15, -0.1) is 0 Å². The van der Waals surface area contributed by atoms with Crippen LogP contribution in [0, 0.1) is 17.0 Å². The Morgan fingerprint density at radius 2 is 2.19 bits per heavy atom. The number of anilines is 1. The van der Waals surface area contributed by atoms with Crippen molar-refractivity contribution in [1.29, 1.82) is 0 Å². The van der Waals surface area contributed by atoms with Gasteiger partial charge in [-0.05, 0) is 26.3 Å². The van der Waals surface area contributed by atoms with Gasteiger partial charge in [0, 0.05) is 24.4 Å². The van der Waals surface area contributed by atoms with Gasteiger partial charge in [-0.3, -0.25) is 14.8 Å². The Kier molecular flexibility index (Phi) is 4.52. The van der Waals surface area contributed by atoms with E-state index in [2.05, 4.69) is 22.3 Å². The molecule has 0 saturated heterocycles. The third-order valence-electron chi connectivity index (χ3n) is 3.36. The van der Waals surface area contributed by atoms with Crippen molar-refractivity contribution in [3.63, 3.8) is 0 Å². The summed E-state index contributed by atoms with van der Waals surface area (Å²) in [6, 6.07) is 3.20. The number of aromatic nitrogens is 3. The van der Waals surface area contributed by atoms with Gasteiger partial charge in [-0.2, -0.15) is 5.10 Å². The van der Waals surface area contributed by atoms with Gasteiger partial charge in [0.2, 0.25) is 0 Å².